The topological polar surface area (TPSA) is 46.2 Å². The van der Waals surface area contributed by atoms with E-state index >= 15 is 0 Å². The Hall–Kier alpha value is -2.01. The Morgan fingerprint density at radius 1 is 1.20 bits per heavy atom. The average molecular weight is 334 g/mol. The number of carbonyl (C=O) groups is 2. The largest absolute Gasteiger partial charge is 0.326 e. The summed E-state index contributed by atoms with van der Waals surface area (Å²) < 4.78 is 14.4. The van der Waals surface area contributed by atoms with Crippen LogP contribution in [-0.2, 0) is 11.2 Å². The van der Waals surface area contributed by atoms with Gasteiger partial charge in [0.1, 0.15) is 5.82 Å². The third-order valence-electron chi connectivity index (χ3n) is 3.17. The first-order valence-electron chi connectivity index (χ1n) is 5.97. The van der Waals surface area contributed by atoms with Crippen LogP contribution in [0.4, 0.5) is 10.1 Å². The van der Waals surface area contributed by atoms with Crippen molar-refractivity contribution in [2.45, 2.75) is 6.42 Å². The van der Waals surface area contributed by atoms with Gasteiger partial charge in [-0.25, -0.2) is 4.39 Å². The maximum atomic E-state index is 13.7. The number of anilines is 1. The third-order valence-corrected chi connectivity index (χ3v) is 3.66. The lowest BCUT2D eigenvalue weighted by Crippen LogP contribution is -2.04. The minimum absolute atomic E-state index is 0.0107. The smallest absolute Gasteiger partial charge is 0.228 e. The molecule has 0 spiro atoms. The minimum Gasteiger partial charge on any atom is -0.326 e. The van der Waals surface area contributed by atoms with Crippen LogP contribution in [0.15, 0.2) is 40.9 Å². The van der Waals surface area contributed by atoms with Crippen LogP contribution in [0, 0.1) is 5.82 Å². The lowest BCUT2D eigenvalue weighted by molar-refractivity contribution is -0.115. The lowest BCUT2D eigenvalue weighted by atomic mass is 10.00. The summed E-state index contributed by atoms with van der Waals surface area (Å²) in [4.78, 5) is 23.6. The van der Waals surface area contributed by atoms with Gasteiger partial charge in [0.15, 0.2) is 5.78 Å². The molecule has 1 aliphatic rings. The van der Waals surface area contributed by atoms with E-state index in [0.29, 0.717) is 15.7 Å². The number of hydrogen-bond acceptors (Lipinski definition) is 2. The highest BCUT2D eigenvalue weighted by molar-refractivity contribution is 9.10. The summed E-state index contributed by atoms with van der Waals surface area (Å²) in [6.45, 7) is 0. The first kappa shape index (κ1) is 13.0. The summed E-state index contributed by atoms with van der Waals surface area (Å²) in [5, 5.41) is 2.69. The van der Waals surface area contributed by atoms with Crippen molar-refractivity contribution in [2.24, 2.45) is 0 Å². The van der Waals surface area contributed by atoms with E-state index in [0.717, 1.165) is 5.56 Å². The second-order valence-corrected chi connectivity index (χ2v) is 5.47. The van der Waals surface area contributed by atoms with Crippen molar-refractivity contribution in [1.82, 2.24) is 0 Å². The van der Waals surface area contributed by atoms with Gasteiger partial charge in [-0.15, -0.1) is 0 Å². The van der Waals surface area contributed by atoms with Gasteiger partial charge in [-0.05, 0) is 42.0 Å². The fraction of sp³-hybridized carbons (Fsp3) is 0.0667. The molecule has 1 aliphatic heterocycles. The number of benzene rings is 2. The van der Waals surface area contributed by atoms with Gasteiger partial charge in [-0.1, -0.05) is 15.9 Å². The van der Waals surface area contributed by atoms with Crippen molar-refractivity contribution in [3.8, 4) is 0 Å². The Morgan fingerprint density at radius 2 is 2.00 bits per heavy atom. The Kier molecular flexibility index (Phi) is 3.14. The summed E-state index contributed by atoms with van der Waals surface area (Å²) >= 11 is 3.22. The quantitative estimate of drug-likeness (QED) is 0.857. The summed E-state index contributed by atoms with van der Waals surface area (Å²) in [6.07, 6.45) is 0.247. The zero-order valence-corrected chi connectivity index (χ0v) is 11.8. The molecule has 20 heavy (non-hydrogen) atoms. The zero-order valence-electron chi connectivity index (χ0n) is 10.2. The van der Waals surface area contributed by atoms with E-state index in [1.165, 1.54) is 18.2 Å². The van der Waals surface area contributed by atoms with Crippen molar-refractivity contribution >= 4 is 33.3 Å². The van der Waals surface area contributed by atoms with Gasteiger partial charge in [-0.3, -0.25) is 9.59 Å². The number of nitrogens with one attached hydrogen (secondary N) is 1. The van der Waals surface area contributed by atoms with Gasteiger partial charge in [0.05, 0.1) is 12.0 Å². The molecule has 0 fully saturated rings. The highest BCUT2D eigenvalue weighted by atomic mass is 79.9. The van der Waals surface area contributed by atoms with E-state index < -0.39 is 11.6 Å². The average Bonchev–Trinajstić information content (AvgIpc) is 2.79. The van der Waals surface area contributed by atoms with Gasteiger partial charge in [0.2, 0.25) is 5.91 Å². The monoisotopic (exact) mass is 333 g/mol. The van der Waals surface area contributed by atoms with E-state index in [-0.39, 0.29) is 17.9 Å². The molecule has 0 radical (unpaired) electrons. The molecule has 1 amide bonds. The molecule has 0 aliphatic carbocycles. The van der Waals surface area contributed by atoms with Crippen LogP contribution in [0.2, 0.25) is 0 Å². The van der Waals surface area contributed by atoms with Gasteiger partial charge >= 0.3 is 0 Å². The van der Waals surface area contributed by atoms with Crippen LogP contribution in [-0.4, -0.2) is 11.7 Å². The van der Waals surface area contributed by atoms with E-state index in [1.807, 2.05) is 0 Å². The van der Waals surface area contributed by atoms with E-state index in [4.69, 9.17) is 0 Å². The fourth-order valence-corrected chi connectivity index (χ4v) is 2.56. The fourth-order valence-electron chi connectivity index (χ4n) is 2.20. The SMILES string of the molecule is O=C1Cc2cc(C(=O)c3cc(Br)ccc3F)ccc2N1. The van der Waals surface area contributed by atoms with Crippen molar-refractivity contribution in [1.29, 1.82) is 0 Å². The molecule has 2 aromatic carbocycles. The molecule has 0 saturated heterocycles. The molecule has 0 atom stereocenters. The van der Waals surface area contributed by atoms with E-state index in [1.54, 1.807) is 18.2 Å². The zero-order chi connectivity index (χ0) is 14.3. The molecule has 2 aromatic rings. The molecule has 3 rings (SSSR count). The molecule has 0 saturated carbocycles. The number of amides is 1. The van der Waals surface area contributed by atoms with Crippen LogP contribution in [0.5, 0.6) is 0 Å². The Labute approximate surface area is 122 Å². The molecule has 1 heterocycles. The molecular weight excluding hydrogens is 325 g/mol. The van der Waals surface area contributed by atoms with Crippen molar-refractivity contribution in [3.63, 3.8) is 0 Å². The first-order chi connectivity index (χ1) is 9.54. The van der Waals surface area contributed by atoms with Gasteiger partial charge in [0, 0.05) is 15.7 Å². The summed E-state index contributed by atoms with van der Waals surface area (Å²) in [5.41, 5.74) is 1.85. The van der Waals surface area contributed by atoms with Crippen LogP contribution in [0.3, 0.4) is 0 Å². The second kappa shape index (κ2) is 4.83. The standard InChI is InChI=1S/C15H9BrFNO2/c16-10-2-3-12(17)11(7-10)15(20)8-1-4-13-9(5-8)6-14(19)18-13/h1-5,7H,6H2,(H,18,19). The predicted molar refractivity (Wildman–Crippen MR) is 76.3 cm³/mol. The van der Waals surface area contributed by atoms with Crippen LogP contribution in [0.1, 0.15) is 21.5 Å². The van der Waals surface area contributed by atoms with Gasteiger partial charge in [0.25, 0.3) is 0 Å². The van der Waals surface area contributed by atoms with Crippen LogP contribution >= 0.6 is 15.9 Å². The van der Waals surface area contributed by atoms with Crippen LogP contribution < -0.4 is 5.32 Å². The molecule has 0 unspecified atom stereocenters. The molecule has 3 nitrogen and oxygen atoms in total. The number of fused-ring (bicyclic) bond motifs is 1. The number of ketones is 1. The van der Waals surface area contributed by atoms with E-state index in [2.05, 4.69) is 21.2 Å². The predicted octanol–water partition coefficient (Wildman–Crippen LogP) is 3.31. The number of hydrogen-bond donors (Lipinski definition) is 1. The van der Waals surface area contributed by atoms with Gasteiger partial charge < -0.3 is 5.32 Å². The van der Waals surface area contributed by atoms with Crippen LogP contribution in [0.25, 0.3) is 0 Å². The molecule has 1 N–H and O–H groups in total. The summed E-state index contributed by atoms with van der Waals surface area (Å²) in [7, 11) is 0. The van der Waals surface area contributed by atoms with Crippen molar-refractivity contribution < 1.29 is 14.0 Å². The molecular formula is C15H9BrFNO2. The lowest BCUT2D eigenvalue weighted by Gasteiger charge is -2.05. The maximum Gasteiger partial charge on any atom is 0.228 e. The molecule has 0 aromatic heterocycles. The normalized spacial score (nSPS) is 13.0. The highest BCUT2D eigenvalue weighted by Crippen LogP contribution is 2.26. The first-order valence-corrected chi connectivity index (χ1v) is 6.76. The minimum atomic E-state index is -0.562. The van der Waals surface area contributed by atoms with E-state index in [9.17, 15) is 14.0 Å². The summed E-state index contributed by atoms with van der Waals surface area (Å²) in [6, 6.07) is 9.13. The third kappa shape index (κ3) is 2.25. The van der Waals surface area contributed by atoms with Gasteiger partial charge in [-0.2, -0.15) is 0 Å². The number of rotatable bonds is 2. The number of halogens is 2. The number of carbonyl (C=O) groups excluding carboxylic acids is 2. The highest BCUT2D eigenvalue weighted by Gasteiger charge is 2.21. The molecule has 5 heteroatoms. The maximum absolute atomic E-state index is 13.7. The second-order valence-electron chi connectivity index (χ2n) is 4.55. The Morgan fingerprint density at radius 3 is 2.80 bits per heavy atom. The Balaban J connectivity index is 2.01. The molecule has 0 bridgehead atoms. The molecule has 100 valence electrons. The van der Waals surface area contributed by atoms with Crippen molar-refractivity contribution in [2.75, 3.05) is 5.32 Å². The van der Waals surface area contributed by atoms with Crippen molar-refractivity contribution in [3.05, 3.63) is 63.4 Å². The summed E-state index contributed by atoms with van der Waals surface area (Å²) in [5.74, 6) is -1.06. The Bertz CT molecular complexity index is 743.